The number of carbonyl (C=O) groups is 1. The van der Waals surface area contributed by atoms with E-state index >= 15 is 0 Å². The first kappa shape index (κ1) is 20.7. The summed E-state index contributed by atoms with van der Waals surface area (Å²) in [5, 5.41) is 3.02. The third kappa shape index (κ3) is 6.96. The summed E-state index contributed by atoms with van der Waals surface area (Å²) in [5.41, 5.74) is 0.585. The van der Waals surface area contributed by atoms with Crippen LogP contribution in [-0.2, 0) is 4.74 Å². The number of piperidine rings is 1. The number of hydrogen-bond donors (Lipinski definition) is 1. The fourth-order valence-electron chi connectivity index (χ4n) is 3.75. The summed E-state index contributed by atoms with van der Waals surface area (Å²) in [6.07, 6.45) is 3.46. The summed E-state index contributed by atoms with van der Waals surface area (Å²) in [6, 6.07) is 7.35. The van der Waals surface area contributed by atoms with Gasteiger partial charge in [0, 0.05) is 26.7 Å². The zero-order chi connectivity index (χ0) is 18.8. The third-order valence-electron chi connectivity index (χ3n) is 4.81. The largest absolute Gasteiger partial charge is 0.490 e. The molecule has 146 valence electrons. The lowest BCUT2D eigenvalue weighted by Gasteiger charge is -2.34. The van der Waals surface area contributed by atoms with Gasteiger partial charge in [-0.2, -0.15) is 0 Å². The van der Waals surface area contributed by atoms with E-state index in [1.54, 1.807) is 13.2 Å². The highest BCUT2D eigenvalue weighted by atomic mass is 16.5. The molecule has 1 N–H and O–H groups in total. The van der Waals surface area contributed by atoms with E-state index in [4.69, 9.17) is 9.47 Å². The number of nitrogens with one attached hydrogen (secondary N) is 1. The van der Waals surface area contributed by atoms with Gasteiger partial charge in [0.05, 0.1) is 12.2 Å². The minimum atomic E-state index is -0.0711. The number of para-hydroxylation sites is 1. The average Bonchev–Trinajstić information content (AvgIpc) is 2.61. The summed E-state index contributed by atoms with van der Waals surface area (Å²) >= 11 is 0. The number of unbranched alkanes of at least 4 members (excludes halogenated alkanes) is 1. The highest BCUT2D eigenvalue weighted by molar-refractivity contribution is 5.96. The molecule has 5 heteroatoms. The molecule has 0 spiro atoms. The Morgan fingerprint density at radius 1 is 1.15 bits per heavy atom. The molecule has 2 rings (SSSR count). The summed E-state index contributed by atoms with van der Waals surface area (Å²) in [5.74, 6) is 2.14. The highest BCUT2D eigenvalue weighted by Gasteiger charge is 2.21. The van der Waals surface area contributed by atoms with E-state index in [1.165, 1.54) is 19.5 Å². The molecule has 1 fully saturated rings. The monoisotopic (exact) mass is 362 g/mol. The first-order valence-electron chi connectivity index (χ1n) is 9.81. The molecule has 2 atom stereocenters. The summed E-state index contributed by atoms with van der Waals surface area (Å²) in [7, 11) is 1.63. The molecule has 0 radical (unpaired) electrons. The van der Waals surface area contributed by atoms with Crippen molar-refractivity contribution in [2.45, 2.75) is 33.1 Å². The predicted octanol–water partition coefficient (Wildman–Crippen LogP) is 3.20. The number of benzene rings is 1. The van der Waals surface area contributed by atoms with Crippen LogP contribution in [0.4, 0.5) is 0 Å². The Morgan fingerprint density at radius 3 is 2.62 bits per heavy atom. The molecule has 1 saturated heterocycles. The van der Waals surface area contributed by atoms with E-state index < -0.39 is 0 Å². The van der Waals surface area contributed by atoms with Gasteiger partial charge in [-0.05, 0) is 49.8 Å². The normalized spacial score (nSPS) is 20.7. The molecule has 1 amide bonds. The molecule has 5 nitrogen and oxygen atoms in total. The average molecular weight is 363 g/mol. The van der Waals surface area contributed by atoms with Crippen LogP contribution >= 0.6 is 0 Å². The van der Waals surface area contributed by atoms with Crippen LogP contribution < -0.4 is 10.1 Å². The standard InChI is InChI=1S/C21H34N2O3/c1-17-14-18(2)16-23(15-17)11-7-6-10-22-21(24)19-8-4-5-9-20(19)26-13-12-25-3/h4-5,8-9,17-18H,6-7,10-16H2,1-3H3,(H,22,24). The lowest BCUT2D eigenvalue weighted by molar-refractivity contribution is 0.0944. The Labute approximate surface area is 158 Å². The van der Waals surface area contributed by atoms with Gasteiger partial charge in [-0.1, -0.05) is 26.0 Å². The van der Waals surface area contributed by atoms with Crippen LogP contribution in [0.1, 0.15) is 43.5 Å². The molecule has 1 aromatic carbocycles. The molecular weight excluding hydrogens is 328 g/mol. The zero-order valence-electron chi connectivity index (χ0n) is 16.5. The van der Waals surface area contributed by atoms with Crippen LogP contribution in [0.15, 0.2) is 24.3 Å². The number of ether oxygens (including phenoxy) is 2. The Hall–Kier alpha value is -1.59. The van der Waals surface area contributed by atoms with Crippen molar-refractivity contribution in [3.05, 3.63) is 29.8 Å². The van der Waals surface area contributed by atoms with Gasteiger partial charge in [0.15, 0.2) is 0 Å². The van der Waals surface area contributed by atoms with E-state index in [1.807, 2.05) is 18.2 Å². The van der Waals surface area contributed by atoms with Gasteiger partial charge in [-0.25, -0.2) is 0 Å². The molecule has 2 unspecified atom stereocenters. The Bertz CT molecular complexity index is 540. The summed E-state index contributed by atoms with van der Waals surface area (Å²) < 4.78 is 10.6. The van der Waals surface area contributed by atoms with Crippen molar-refractivity contribution in [3.8, 4) is 5.75 Å². The second-order valence-corrected chi connectivity index (χ2v) is 7.51. The number of hydrogen-bond acceptors (Lipinski definition) is 4. The second kappa shape index (κ2) is 11.2. The predicted molar refractivity (Wildman–Crippen MR) is 105 cm³/mol. The topological polar surface area (TPSA) is 50.8 Å². The number of methoxy groups -OCH3 is 1. The lowest BCUT2D eigenvalue weighted by atomic mass is 9.92. The third-order valence-corrected chi connectivity index (χ3v) is 4.81. The van der Waals surface area contributed by atoms with E-state index in [0.29, 0.717) is 31.1 Å². The van der Waals surface area contributed by atoms with Crippen LogP contribution in [0, 0.1) is 11.8 Å². The molecule has 0 bridgehead atoms. The molecule has 0 aliphatic carbocycles. The minimum Gasteiger partial charge on any atom is -0.490 e. The number of likely N-dealkylation sites (tertiary alicyclic amines) is 1. The van der Waals surface area contributed by atoms with Crippen molar-refractivity contribution in [3.63, 3.8) is 0 Å². The van der Waals surface area contributed by atoms with Crippen molar-refractivity contribution >= 4 is 5.91 Å². The van der Waals surface area contributed by atoms with Crippen LogP contribution in [-0.4, -0.2) is 57.3 Å². The van der Waals surface area contributed by atoms with Gasteiger partial charge in [0.2, 0.25) is 0 Å². The maximum absolute atomic E-state index is 12.4. The molecule has 1 aliphatic heterocycles. The van der Waals surface area contributed by atoms with Crippen molar-refractivity contribution in [1.29, 1.82) is 0 Å². The van der Waals surface area contributed by atoms with Crippen LogP contribution in [0.2, 0.25) is 0 Å². The van der Waals surface area contributed by atoms with Gasteiger partial charge in [-0.3, -0.25) is 4.79 Å². The molecule has 1 heterocycles. The fourth-order valence-corrected chi connectivity index (χ4v) is 3.75. The Balaban J connectivity index is 1.69. The molecule has 26 heavy (non-hydrogen) atoms. The van der Waals surface area contributed by atoms with E-state index in [9.17, 15) is 4.79 Å². The van der Waals surface area contributed by atoms with E-state index in [-0.39, 0.29) is 5.91 Å². The van der Waals surface area contributed by atoms with Gasteiger partial charge in [-0.15, -0.1) is 0 Å². The van der Waals surface area contributed by atoms with Crippen molar-refractivity contribution in [1.82, 2.24) is 10.2 Å². The highest BCUT2D eigenvalue weighted by Crippen LogP contribution is 2.21. The van der Waals surface area contributed by atoms with Crippen LogP contribution in [0.5, 0.6) is 5.75 Å². The SMILES string of the molecule is COCCOc1ccccc1C(=O)NCCCCN1CC(C)CC(C)C1. The first-order chi connectivity index (χ1) is 12.6. The first-order valence-corrected chi connectivity index (χ1v) is 9.81. The Kier molecular flexibility index (Phi) is 8.92. The smallest absolute Gasteiger partial charge is 0.255 e. The maximum Gasteiger partial charge on any atom is 0.255 e. The maximum atomic E-state index is 12.4. The van der Waals surface area contributed by atoms with Crippen LogP contribution in [0.25, 0.3) is 0 Å². The summed E-state index contributed by atoms with van der Waals surface area (Å²) in [6.45, 7) is 9.87. The van der Waals surface area contributed by atoms with Gasteiger partial charge >= 0.3 is 0 Å². The molecule has 0 saturated carbocycles. The van der Waals surface area contributed by atoms with E-state index in [0.717, 1.165) is 31.2 Å². The van der Waals surface area contributed by atoms with Crippen molar-refractivity contribution < 1.29 is 14.3 Å². The number of rotatable bonds is 10. The number of amides is 1. The Morgan fingerprint density at radius 2 is 1.88 bits per heavy atom. The molecule has 0 aromatic heterocycles. The van der Waals surface area contributed by atoms with Crippen molar-refractivity contribution in [2.24, 2.45) is 11.8 Å². The quantitative estimate of drug-likeness (QED) is 0.650. The van der Waals surface area contributed by atoms with Gasteiger partial charge in [0.25, 0.3) is 5.91 Å². The van der Waals surface area contributed by atoms with E-state index in [2.05, 4.69) is 24.1 Å². The second-order valence-electron chi connectivity index (χ2n) is 7.51. The van der Waals surface area contributed by atoms with Crippen LogP contribution in [0.3, 0.4) is 0 Å². The molecule has 1 aliphatic rings. The molecular formula is C21H34N2O3. The van der Waals surface area contributed by atoms with Gasteiger partial charge < -0.3 is 19.7 Å². The summed E-state index contributed by atoms with van der Waals surface area (Å²) in [4.78, 5) is 15.0. The minimum absolute atomic E-state index is 0.0711. The fraction of sp³-hybridized carbons (Fsp3) is 0.667. The van der Waals surface area contributed by atoms with Gasteiger partial charge in [0.1, 0.15) is 12.4 Å². The van der Waals surface area contributed by atoms with Crippen molar-refractivity contribution in [2.75, 3.05) is 46.5 Å². The zero-order valence-corrected chi connectivity index (χ0v) is 16.5. The number of carbonyl (C=O) groups excluding carboxylic acids is 1. The molecule has 1 aromatic rings. The lowest BCUT2D eigenvalue weighted by Crippen LogP contribution is -2.39. The number of nitrogens with zero attached hydrogens (tertiary/aromatic N) is 1.